The molecule has 39 heavy (non-hydrogen) atoms. The second-order valence-electron chi connectivity index (χ2n) is 9.42. The number of hydrogen-bond donors (Lipinski definition) is 1. The van der Waals surface area contributed by atoms with Gasteiger partial charge >= 0.3 is 0 Å². The molecule has 0 aliphatic heterocycles. The SMILES string of the molecule is CCCCCCOc1ccc(-c2nn(-c3ccccc3)cc2/C=C(\C#N)C(=O)N[C@H](C)c2ccccc2)cc1. The first-order valence-corrected chi connectivity index (χ1v) is 13.4. The van der Waals surface area contributed by atoms with Crippen molar-refractivity contribution in [2.75, 3.05) is 6.61 Å². The summed E-state index contributed by atoms with van der Waals surface area (Å²) in [6, 6.07) is 29.0. The van der Waals surface area contributed by atoms with Crippen molar-refractivity contribution in [3.8, 4) is 28.8 Å². The van der Waals surface area contributed by atoms with Gasteiger partial charge in [0.05, 0.1) is 24.0 Å². The Balaban J connectivity index is 1.60. The minimum atomic E-state index is -0.431. The highest BCUT2D eigenvalue weighted by atomic mass is 16.5. The Kier molecular flexibility index (Phi) is 9.68. The maximum atomic E-state index is 13.1. The van der Waals surface area contributed by atoms with Gasteiger partial charge in [-0.3, -0.25) is 4.79 Å². The number of nitrogens with zero attached hydrogens (tertiary/aromatic N) is 3. The number of benzene rings is 3. The average molecular weight is 519 g/mol. The van der Waals surface area contributed by atoms with E-state index in [4.69, 9.17) is 9.84 Å². The van der Waals surface area contributed by atoms with E-state index < -0.39 is 5.91 Å². The van der Waals surface area contributed by atoms with Gasteiger partial charge in [0, 0.05) is 17.3 Å². The van der Waals surface area contributed by atoms with Crippen LogP contribution in [0.5, 0.6) is 5.75 Å². The fourth-order valence-corrected chi connectivity index (χ4v) is 4.26. The van der Waals surface area contributed by atoms with E-state index in [0.29, 0.717) is 17.9 Å². The van der Waals surface area contributed by atoms with E-state index in [0.717, 1.165) is 29.0 Å². The number of para-hydroxylation sites is 1. The van der Waals surface area contributed by atoms with Gasteiger partial charge in [-0.05, 0) is 61.4 Å². The number of nitrogens with one attached hydrogen (secondary N) is 1. The first-order valence-electron chi connectivity index (χ1n) is 13.4. The zero-order chi connectivity index (χ0) is 27.5. The van der Waals surface area contributed by atoms with Crippen molar-refractivity contribution >= 4 is 12.0 Å². The molecule has 0 bridgehead atoms. The van der Waals surface area contributed by atoms with Gasteiger partial charge in [0.15, 0.2) is 0 Å². The Hall–Kier alpha value is -4.63. The second kappa shape index (κ2) is 13.8. The number of aromatic nitrogens is 2. The summed E-state index contributed by atoms with van der Waals surface area (Å²) in [5, 5.41) is 17.6. The molecular formula is C33H34N4O2. The molecule has 0 spiro atoms. The van der Waals surface area contributed by atoms with E-state index in [-0.39, 0.29) is 11.6 Å². The van der Waals surface area contributed by atoms with Crippen LogP contribution in [-0.4, -0.2) is 22.3 Å². The number of amides is 1. The topological polar surface area (TPSA) is 79.9 Å². The van der Waals surface area contributed by atoms with Crippen molar-refractivity contribution in [2.24, 2.45) is 0 Å². The molecule has 0 radical (unpaired) electrons. The van der Waals surface area contributed by atoms with Crippen molar-refractivity contribution in [1.29, 1.82) is 5.26 Å². The Morgan fingerprint density at radius 1 is 1.00 bits per heavy atom. The molecule has 1 atom stereocenters. The van der Waals surface area contributed by atoms with Crippen LogP contribution in [0.25, 0.3) is 23.0 Å². The summed E-state index contributed by atoms with van der Waals surface area (Å²) in [6.45, 7) is 4.78. The number of nitriles is 1. The number of rotatable bonds is 12. The predicted octanol–water partition coefficient (Wildman–Crippen LogP) is 7.28. The Morgan fingerprint density at radius 3 is 2.36 bits per heavy atom. The van der Waals surface area contributed by atoms with Crippen LogP contribution in [0.1, 0.15) is 56.7 Å². The summed E-state index contributed by atoms with van der Waals surface area (Å²) in [5.74, 6) is 0.376. The Labute approximate surface area is 230 Å². The molecule has 1 heterocycles. The molecule has 1 amide bonds. The lowest BCUT2D eigenvalue weighted by molar-refractivity contribution is -0.117. The average Bonchev–Trinajstić information content (AvgIpc) is 3.41. The summed E-state index contributed by atoms with van der Waals surface area (Å²) in [6.07, 6.45) is 8.06. The molecule has 0 saturated heterocycles. The van der Waals surface area contributed by atoms with Gasteiger partial charge in [0.1, 0.15) is 17.4 Å². The van der Waals surface area contributed by atoms with E-state index in [1.807, 2.05) is 98.0 Å². The van der Waals surface area contributed by atoms with Gasteiger partial charge < -0.3 is 10.1 Å². The van der Waals surface area contributed by atoms with Gasteiger partial charge in [0.25, 0.3) is 5.91 Å². The van der Waals surface area contributed by atoms with Crippen LogP contribution in [0.3, 0.4) is 0 Å². The summed E-state index contributed by atoms with van der Waals surface area (Å²) in [7, 11) is 0. The van der Waals surface area contributed by atoms with E-state index in [9.17, 15) is 10.1 Å². The predicted molar refractivity (Wildman–Crippen MR) is 155 cm³/mol. The van der Waals surface area contributed by atoms with Crippen LogP contribution in [0, 0.1) is 11.3 Å². The zero-order valence-corrected chi connectivity index (χ0v) is 22.5. The van der Waals surface area contributed by atoms with Crippen LogP contribution < -0.4 is 10.1 Å². The van der Waals surface area contributed by atoms with Crippen molar-refractivity contribution in [3.63, 3.8) is 0 Å². The van der Waals surface area contributed by atoms with E-state index in [2.05, 4.69) is 18.3 Å². The first kappa shape index (κ1) is 27.4. The van der Waals surface area contributed by atoms with Crippen molar-refractivity contribution in [1.82, 2.24) is 15.1 Å². The third-order valence-corrected chi connectivity index (χ3v) is 6.47. The summed E-state index contributed by atoms with van der Waals surface area (Å²) in [5.41, 5.74) is 4.07. The van der Waals surface area contributed by atoms with Crippen molar-refractivity contribution < 1.29 is 9.53 Å². The highest BCUT2D eigenvalue weighted by Gasteiger charge is 2.17. The Bertz CT molecular complexity index is 1420. The quantitative estimate of drug-likeness (QED) is 0.121. The molecule has 0 aliphatic rings. The van der Waals surface area contributed by atoms with Crippen molar-refractivity contribution in [2.45, 2.75) is 45.6 Å². The van der Waals surface area contributed by atoms with Gasteiger partial charge in [-0.15, -0.1) is 0 Å². The molecule has 6 nitrogen and oxygen atoms in total. The summed E-state index contributed by atoms with van der Waals surface area (Å²) < 4.78 is 7.66. The number of ether oxygens (including phenoxy) is 1. The van der Waals surface area contributed by atoms with Crippen LogP contribution in [0.15, 0.2) is 96.7 Å². The number of carbonyl (C=O) groups is 1. The molecule has 3 aromatic carbocycles. The Morgan fingerprint density at radius 2 is 1.69 bits per heavy atom. The molecule has 0 aliphatic carbocycles. The maximum absolute atomic E-state index is 13.1. The molecule has 1 aromatic heterocycles. The standard InChI is InChI=1S/C33H34N4O2/c1-3-4-5-12-21-39-31-19-17-27(18-20-31)32-29(24-37(36-32)30-15-10-7-11-16-30)22-28(23-34)33(38)35-25(2)26-13-8-6-9-14-26/h6-11,13-20,22,24-25H,3-5,12,21H2,1-2H3,(H,35,38)/b28-22+/t25-/m1/s1. The highest BCUT2D eigenvalue weighted by molar-refractivity contribution is 6.02. The summed E-state index contributed by atoms with van der Waals surface area (Å²) in [4.78, 5) is 13.1. The molecule has 4 aromatic rings. The molecule has 0 fully saturated rings. The van der Waals surface area contributed by atoms with Crippen molar-refractivity contribution in [3.05, 3.63) is 108 Å². The normalized spacial score (nSPS) is 12.0. The lowest BCUT2D eigenvalue weighted by Crippen LogP contribution is -2.27. The minimum Gasteiger partial charge on any atom is -0.494 e. The number of unbranched alkanes of at least 4 members (excludes halogenated alkanes) is 3. The zero-order valence-electron chi connectivity index (χ0n) is 22.5. The largest absolute Gasteiger partial charge is 0.494 e. The highest BCUT2D eigenvalue weighted by Crippen LogP contribution is 2.28. The maximum Gasteiger partial charge on any atom is 0.262 e. The first-order chi connectivity index (χ1) is 19.1. The summed E-state index contributed by atoms with van der Waals surface area (Å²) >= 11 is 0. The van der Waals surface area contributed by atoms with Gasteiger partial charge in [-0.1, -0.05) is 74.7 Å². The van der Waals surface area contributed by atoms with Gasteiger partial charge in [-0.25, -0.2) is 4.68 Å². The molecule has 0 unspecified atom stereocenters. The molecule has 198 valence electrons. The molecule has 1 N–H and O–H groups in total. The smallest absolute Gasteiger partial charge is 0.262 e. The van der Waals surface area contributed by atoms with Crippen LogP contribution >= 0.6 is 0 Å². The van der Waals surface area contributed by atoms with E-state index in [1.165, 1.54) is 19.3 Å². The van der Waals surface area contributed by atoms with Crippen LogP contribution in [0.2, 0.25) is 0 Å². The molecule has 0 saturated carbocycles. The fraction of sp³-hybridized carbons (Fsp3) is 0.242. The third kappa shape index (κ3) is 7.45. The monoisotopic (exact) mass is 518 g/mol. The van der Waals surface area contributed by atoms with Crippen LogP contribution in [0.4, 0.5) is 0 Å². The number of hydrogen-bond acceptors (Lipinski definition) is 4. The van der Waals surface area contributed by atoms with Crippen LogP contribution in [-0.2, 0) is 4.79 Å². The van der Waals surface area contributed by atoms with E-state index >= 15 is 0 Å². The lowest BCUT2D eigenvalue weighted by Gasteiger charge is -2.13. The molecule has 6 heteroatoms. The van der Waals surface area contributed by atoms with Gasteiger partial charge in [0.2, 0.25) is 0 Å². The second-order valence-corrected chi connectivity index (χ2v) is 9.42. The van der Waals surface area contributed by atoms with Gasteiger partial charge in [-0.2, -0.15) is 10.4 Å². The van der Waals surface area contributed by atoms with E-state index in [1.54, 1.807) is 10.8 Å². The lowest BCUT2D eigenvalue weighted by atomic mass is 10.0. The molecular weight excluding hydrogens is 484 g/mol. The fourth-order valence-electron chi connectivity index (χ4n) is 4.26. The minimum absolute atomic E-state index is 0.0127. The number of carbonyl (C=O) groups excluding carboxylic acids is 1. The third-order valence-electron chi connectivity index (χ3n) is 6.47. The molecule has 4 rings (SSSR count).